The maximum Gasteiger partial charge on any atom is 0.231 e. The topological polar surface area (TPSA) is 60.9 Å². The lowest BCUT2D eigenvalue weighted by atomic mass is 10.0. The van der Waals surface area contributed by atoms with Crippen molar-refractivity contribution in [2.45, 2.75) is 13.1 Å². The fraction of sp³-hybridized carbons (Fsp3) is 0.167. The summed E-state index contributed by atoms with van der Waals surface area (Å²) >= 11 is 0. The van der Waals surface area contributed by atoms with Gasteiger partial charge in [0.1, 0.15) is 24.0 Å². The van der Waals surface area contributed by atoms with Gasteiger partial charge in [0.15, 0.2) is 5.76 Å². The number of methoxy groups -OCH3 is 1. The van der Waals surface area contributed by atoms with Crippen molar-refractivity contribution < 1.29 is 19.0 Å². The van der Waals surface area contributed by atoms with Gasteiger partial charge in [-0.1, -0.05) is 18.2 Å². The monoisotopic (exact) mass is 400 g/mol. The van der Waals surface area contributed by atoms with Crippen LogP contribution >= 0.6 is 0 Å². The number of fused-ring (bicyclic) bond motifs is 3. The first-order chi connectivity index (χ1) is 14.7. The Kier molecular flexibility index (Phi) is 4.69. The Bertz CT molecular complexity index is 1140. The Balaban J connectivity index is 1.43. The number of pyridine rings is 1. The number of allylic oxidation sites excluding steroid dienone is 1. The van der Waals surface area contributed by atoms with Crippen LogP contribution in [0.3, 0.4) is 0 Å². The minimum atomic E-state index is -0.127. The first-order valence-corrected chi connectivity index (χ1v) is 9.70. The molecule has 0 unspecified atom stereocenters. The zero-order valence-corrected chi connectivity index (χ0v) is 16.5. The number of ether oxygens (including phenoxy) is 3. The Morgan fingerprint density at radius 2 is 2.10 bits per heavy atom. The number of benzene rings is 2. The maximum absolute atomic E-state index is 12.9. The first-order valence-electron chi connectivity index (χ1n) is 9.70. The molecule has 2 aromatic carbocycles. The summed E-state index contributed by atoms with van der Waals surface area (Å²) in [5.41, 5.74) is 3.25. The van der Waals surface area contributed by atoms with Gasteiger partial charge in [0.05, 0.1) is 23.9 Å². The van der Waals surface area contributed by atoms with Crippen molar-refractivity contribution >= 4 is 11.9 Å². The third-order valence-electron chi connectivity index (χ3n) is 5.19. The summed E-state index contributed by atoms with van der Waals surface area (Å²) < 4.78 is 17.2. The summed E-state index contributed by atoms with van der Waals surface area (Å²) in [6.45, 7) is 1.74. The number of carbonyl (C=O) groups is 1. The van der Waals surface area contributed by atoms with Gasteiger partial charge in [-0.05, 0) is 48.0 Å². The van der Waals surface area contributed by atoms with Crippen LogP contribution in [0.4, 0.5) is 0 Å². The van der Waals surface area contributed by atoms with Gasteiger partial charge in [0.25, 0.3) is 0 Å². The molecule has 0 radical (unpaired) electrons. The van der Waals surface area contributed by atoms with Crippen molar-refractivity contribution in [1.29, 1.82) is 0 Å². The number of hydrogen-bond donors (Lipinski definition) is 0. The van der Waals surface area contributed by atoms with E-state index in [4.69, 9.17) is 14.2 Å². The molecule has 0 fully saturated rings. The predicted octanol–water partition coefficient (Wildman–Crippen LogP) is 4.06. The summed E-state index contributed by atoms with van der Waals surface area (Å²) in [5.74, 6) is 2.23. The highest BCUT2D eigenvalue weighted by molar-refractivity contribution is 6.15. The number of ketones is 1. The molecule has 3 aromatic rings. The molecule has 6 heteroatoms. The molecule has 0 saturated carbocycles. The zero-order valence-electron chi connectivity index (χ0n) is 16.5. The molecular weight excluding hydrogens is 380 g/mol. The molecule has 2 aliphatic rings. The van der Waals surface area contributed by atoms with Gasteiger partial charge < -0.3 is 14.2 Å². The summed E-state index contributed by atoms with van der Waals surface area (Å²) in [7, 11) is 1.61. The van der Waals surface area contributed by atoms with E-state index in [1.165, 1.54) is 0 Å². The fourth-order valence-electron chi connectivity index (χ4n) is 3.71. The second-order valence-corrected chi connectivity index (χ2v) is 7.22. The lowest BCUT2D eigenvalue weighted by molar-refractivity contribution is 0.0861. The molecule has 0 N–H and O–H groups in total. The van der Waals surface area contributed by atoms with Crippen LogP contribution in [0.2, 0.25) is 0 Å². The minimum absolute atomic E-state index is 0.127. The van der Waals surface area contributed by atoms with E-state index in [1.54, 1.807) is 25.4 Å². The van der Waals surface area contributed by atoms with Gasteiger partial charge in [-0.3, -0.25) is 14.7 Å². The van der Waals surface area contributed by atoms with Gasteiger partial charge in [0, 0.05) is 19.3 Å². The van der Waals surface area contributed by atoms with E-state index in [1.807, 2.05) is 48.5 Å². The number of hydrogen-bond acceptors (Lipinski definition) is 6. The molecular formula is C24H20N2O4. The van der Waals surface area contributed by atoms with Gasteiger partial charge in [-0.2, -0.15) is 0 Å². The molecule has 0 amide bonds. The van der Waals surface area contributed by atoms with Crippen LogP contribution in [0.25, 0.3) is 6.08 Å². The number of carbonyl (C=O) groups excluding carboxylic acids is 1. The average Bonchev–Trinajstić information content (AvgIpc) is 3.10. The smallest absolute Gasteiger partial charge is 0.231 e. The van der Waals surface area contributed by atoms with E-state index in [0.717, 1.165) is 28.3 Å². The molecule has 0 spiro atoms. The maximum atomic E-state index is 12.9. The molecule has 1 aromatic heterocycles. The summed E-state index contributed by atoms with van der Waals surface area (Å²) in [5, 5.41) is 0. The van der Waals surface area contributed by atoms with Gasteiger partial charge in [0.2, 0.25) is 5.78 Å². The van der Waals surface area contributed by atoms with E-state index in [9.17, 15) is 4.79 Å². The molecule has 3 heterocycles. The van der Waals surface area contributed by atoms with Crippen LogP contribution in [0.15, 0.2) is 66.6 Å². The van der Waals surface area contributed by atoms with Crippen LogP contribution < -0.4 is 14.2 Å². The number of rotatable bonds is 4. The van der Waals surface area contributed by atoms with E-state index < -0.39 is 0 Å². The molecule has 30 heavy (non-hydrogen) atoms. The Labute approximate surface area is 174 Å². The largest absolute Gasteiger partial charge is 0.497 e. The quantitative estimate of drug-likeness (QED) is 0.616. The van der Waals surface area contributed by atoms with E-state index in [2.05, 4.69) is 9.88 Å². The van der Waals surface area contributed by atoms with E-state index >= 15 is 0 Å². The Morgan fingerprint density at radius 1 is 1.17 bits per heavy atom. The van der Waals surface area contributed by atoms with E-state index in [-0.39, 0.29) is 5.78 Å². The molecule has 2 aliphatic heterocycles. The number of nitrogens with zero attached hydrogens (tertiary/aromatic N) is 2. The SMILES string of the molecule is COc1cccc(C=C2Oc3c(ccc4c3CN(Cc3ccccn3)CO4)C2=O)c1. The van der Waals surface area contributed by atoms with E-state index in [0.29, 0.717) is 36.9 Å². The van der Waals surface area contributed by atoms with Crippen LogP contribution in [-0.2, 0) is 13.1 Å². The Morgan fingerprint density at radius 3 is 2.93 bits per heavy atom. The van der Waals surface area contributed by atoms with Crippen molar-refractivity contribution in [1.82, 2.24) is 9.88 Å². The van der Waals surface area contributed by atoms with Crippen LogP contribution in [-0.4, -0.2) is 29.5 Å². The molecule has 6 nitrogen and oxygen atoms in total. The lowest BCUT2D eigenvalue weighted by Crippen LogP contribution is -2.32. The third-order valence-corrected chi connectivity index (χ3v) is 5.19. The standard InChI is InChI=1S/C24H20N2O4/c1-28-18-7-4-5-16(11-18)12-22-23(27)19-8-9-21-20(24(19)30-22)14-26(15-29-21)13-17-6-2-3-10-25-17/h2-12H,13-15H2,1H3. The summed E-state index contributed by atoms with van der Waals surface area (Å²) in [6.07, 6.45) is 3.52. The average molecular weight is 400 g/mol. The van der Waals surface area contributed by atoms with Gasteiger partial charge in [-0.15, -0.1) is 0 Å². The summed E-state index contributed by atoms with van der Waals surface area (Å²) in [6, 6.07) is 17.0. The third kappa shape index (κ3) is 3.42. The summed E-state index contributed by atoms with van der Waals surface area (Å²) in [4.78, 5) is 19.4. The molecule has 150 valence electrons. The fourth-order valence-corrected chi connectivity index (χ4v) is 3.71. The van der Waals surface area contributed by atoms with Gasteiger partial charge in [-0.25, -0.2) is 0 Å². The van der Waals surface area contributed by atoms with Crippen molar-refractivity contribution in [2.75, 3.05) is 13.8 Å². The van der Waals surface area contributed by atoms with Gasteiger partial charge >= 0.3 is 0 Å². The van der Waals surface area contributed by atoms with Crippen molar-refractivity contribution in [3.63, 3.8) is 0 Å². The van der Waals surface area contributed by atoms with Crippen LogP contribution in [0.5, 0.6) is 17.2 Å². The second kappa shape index (κ2) is 7.65. The Hall–Kier alpha value is -3.64. The lowest BCUT2D eigenvalue weighted by Gasteiger charge is -2.29. The van der Waals surface area contributed by atoms with Crippen molar-refractivity contribution in [3.05, 3.63) is 88.9 Å². The highest BCUT2D eigenvalue weighted by Gasteiger charge is 2.33. The predicted molar refractivity (Wildman–Crippen MR) is 111 cm³/mol. The molecule has 0 saturated heterocycles. The minimum Gasteiger partial charge on any atom is -0.497 e. The highest BCUT2D eigenvalue weighted by atomic mass is 16.5. The first kappa shape index (κ1) is 18.4. The molecule has 0 aliphatic carbocycles. The molecule has 0 atom stereocenters. The van der Waals surface area contributed by atoms with Crippen LogP contribution in [0.1, 0.15) is 27.2 Å². The highest BCUT2D eigenvalue weighted by Crippen LogP contribution is 2.42. The van der Waals surface area contributed by atoms with Crippen molar-refractivity contribution in [2.24, 2.45) is 0 Å². The van der Waals surface area contributed by atoms with Crippen LogP contribution in [0, 0.1) is 0 Å². The second-order valence-electron chi connectivity index (χ2n) is 7.22. The number of aromatic nitrogens is 1. The normalized spacial score (nSPS) is 16.6. The molecule has 5 rings (SSSR count). The number of Topliss-reactive ketones (excluding diaryl/α,β-unsaturated/α-hetero) is 1. The van der Waals surface area contributed by atoms with Crippen molar-refractivity contribution in [3.8, 4) is 17.2 Å². The zero-order chi connectivity index (χ0) is 20.5. The molecule has 0 bridgehead atoms.